The Kier molecular flexibility index (Phi) is 9.27. The first-order valence-corrected chi connectivity index (χ1v) is 8.85. The van der Waals surface area contributed by atoms with Crippen LogP contribution in [0, 0.1) is 5.92 Å². The van der Waals surface area contributed by atoms with Crippen molar-refractivity contribution in [3.05, 3.63) is 0 Å². The van der Waals surface area contributed by atoms with Gasteiger partial charge in [-0.3, -0.25) is 0 Å². The number of unbranched alkanes of at least 4 members (excludes halogenated alkanes) is 5. The smallest absolute Gasteiger partial charge is 0.0194 e. The maximum Gasteiger partial charge on any atom is 0.0194 e. The molecule has 0 radical (unpaired) electrons. The minimum absolute atomic E-state index is 0.815. The van der Waals surface area contributed by atoms with Gasteiger partial charge in [0.25, 0.3) is 0 Å². The van der Waals surface area contributed by atoms with Crippen LogP contribution in [0.15, 0.2) is 0 Å². The third-order valence-electron chi connectivity index (χ3n) is 3.78. The van der Waals surface area contributed by atoms with Gasteiger partial charge in [-0.1, -0.05) is 52.4 Å². The van der Waals surface area contributed by atoms with Gasteiger partial charge in [-0.2, -0.15) is 11.8 Å². The van der Waals surface area contributed by atoms with Crippen molar-refractivity contribution >= 4 is 11.8 Å². The van der Waals surface area contributed by atoms with Crippen LogP contribution in [-0.2, 0) is 0 Å². The molecule has 0 saturated carbocycles. The fourth-order valence-electron chi connectivity index (χ4n) is 2.63. The molecule has 1 saturated heterocycles. The van der Waals surface area contributed by atoms with E-state index in [1.807, 2.05) is 0 Å². The minimum atomic E-state index is 0.815. The standard InChI is InChI=1S/C15H31NS/c1-3-5-6-7-8-9-10-14-12-17-13-15(14)16-11-4-2/h14-16H,3-13H2,1-2H3. The Morgan fingerprint density at radius 2 is 1.71 bits per heavy atom. The van der Waals surface area contributed by atoms with E-state index in [-0.39, 0.29) is 0 Å². The number of thioether (sulfide) groups is 1. The average Bonchev–Trinajstić information content (AvgIpc) is 2.78. The van der Waals surface area contributed by atoms with Gasteiger partial charge in [-0.15, -0.1) is 0 Å². The summed E-state index contributed by atoms with van der Waals surface area (Å²) < 4.78 is 0. The molecule has 17 heavy (non-hydrogen) atoms. The van der Waals surface area contributed by atoms with Gasteiger partial charge in [0.15, 0.2) is 0 Å². The van der Waals surface area contributed by atoms with E-state index >= 15 is 0 Å². The van der Waals surface area contributed by atoms with Gasteiger partial charge in [-0.05, 0) is 31.1 Å². The van der Waals surface area contributed by atoms with Gasteiger partial charge >= 0.3 is 0 Å². The minimum Gasteiger partial charge on any atom is -0.313 e. The highest BCUT2D eigenvalue weighted by atomic mass is 32.2. The van der Waals surface area contributed by atoms with Gasteiger partial charge in [0.2, 0.25) is 0 Å². The van der Waals surface area contributed by atoms with E-state index in [1.165, 1.54) is 69.4 Å². The van der Waals surface area contributed by atoms with Gasteiger partial charge < -0.3 is 5.32 Å². The molecule has 0 aromatic carbocycles. The summed E-state index contributed by atoms with van der Waals surface area (Å²) in [6.07, 6.45) is 11.3. The lowest BCUT2D eigenvalue weighted by Crippen LogP contribution is -2.35. The molecular formula is C15H31NS. The predicted octanol–water partition coefficient (Wildman–Crippen LogP) is 4.47. The second-order valence-corrected chi connectivity index (χ2v) is 6.49. The molecule has 1 aliphatic heterocycles. The summed E-state index contributed by atoms with van der Waals surface area (Å²) in [5.41, 5.74) is 0. The summed E-state index contributed by atoms with van der Waals surface area (Å²) in [6.45, 7) is 5.76. The Balaban J connectivity index is 2.00. The molecule has 1 aliphatic rings. The maximum atomic E-state index is 3.72. The van der Waals surface area contributed by atoms with Gasteiger partial charge in [0.05, 0.1) is 0 Å². The van der Waals surface area contributed by atoms with Crippen LogP contribution in [0.25, 0.3) is 0 Å². The lowest BCUT2D eigenvalue weighted by Gasteiger charge is -2.19. The molecule has 2 unspecified atom stereocenters. The largest absolute Gasteiger partial charge is 0.313 e. The molecule has 102 valence electrons. The molecule has 0 amide bonds. The van der Waals surface area contributed by atoms with E-state index in [1.54, 1.807) is 0 Å². The first-order valence-electron chi connectivity index (χ1n) is 7.69. The van der Waals surface area contributed by atoms with Crippen molar-refractivity contribution in [1.29, 1.82) is 0 Å². The van der Waals surface area contributed by atoms with E-state index in [0.717, 1.165) is 12.0 Å². The molecule has 1 nitrogen and oxygen atoms in total. The van der Waals surface area contributed by atoms with E-state index in [9.17, 15) is 0 Å². The fourth-order valence-corrected chi connectivity index (χ4v) is 4.11. The number of nitrogens with one attached hydrogen (secondary N) is 1. The van der Waals surface area contributed by atoms with Crippen molar-refractivity contribution < 1.29 is 0 Å². The SMILES string of the molecule is CCCCCCCCC1CSCC1NCCC. The monoisotopic (exact) mass is 257 g/mol. The number of hydrogen-bond donors (Lipinski definition) is 1. The normalized spacial score (nSPS) is 24.4. The molecule has 1 rings (SSSR count). The average molecular weight is 257 g/mol. The highest BCUT2D eigenvalue weighted by molar-refractivity contribution is 7.99. The quantitative estimate of drug-likeness (QED) is 0.580. The Morgan fingerprint density at radius 3 is 2.47 bits per heavy atom. The van der Waals surface area contributed by atoms with Crippen LogP contribution in [0.4, 0.5) is 0 Å². The zero-order valence-electron chi connectivity index (χ0n) is 11.8. The van der Waals surface area contributed by atoms with Gasteiger partial charge in [-0.25, -0.2) is 0 Å². The van der Waals surface area contributed by atoms with Crippen molar-refractivity contribution in [2.75, 3.05) is 18.1 Å². The second-order valence-electron chi connectivity index (χ2n) is 5.41. The Bertz CT molecular complexity index is 172. The molecule has 0 spiro atoms. The van der Waals surface area contributed by atoms with Crippen molar-refractivity contribution in [3.8, 4) is 0 Å². The Hall–Kier alpha value is 0.310. The molecule has 2 heteroatoms. The van der Waals surface area contributed by atoms with Crippen molar-refractivity contribution in [2.24, 2.45) is 5.92 Å². The van der Waals surface area contributed by atoms with E-state index in [0.29, 0.717) is 0 Å². The summed E-state index contributed by atoms with van der Waals surface area (Å²) in [5.74, 6) is 3.70. The molecular weight excluding hydrogens is 226 g/mol. The third kappa shape index (κ3) is 6.71. The molecule has 2 atom stereocenters. The van der Waals surface area contributed by atoms with Crippen LogP contribution in [-0.4, -0.2) is 24.1 Å². The van der Waals surface area contributed by atoms with E-state index in [2.05, 4.69) is 30.9 Å². The van der Waals surface area contributed by atoms with Crippen LogP contribution < -0.4 is 5.32 Å². The first kappa shape index (κ1) is 15.4. The van der Waals surface area contributed by atoms with Crippen LogP contribution >= 0.6 is 11.8 Å². The zero-order chi connectivity index (χ0) is 12.3. The van der Waals surface area contributed by atoms with E-state index in [4.69, 9.17) is 0 Å². The molecule has 1 N–H and O–H groups in total. The Labute approximate surface area is 113 Å². The van der Waals surface area contributed by atoms with Crippen molar-refractivity contribution in [3.63, 3.8) is 0 Å². The molecule has 0 aromatic heterocycles. The summed E-state index contributed by atoms with van der Waals surface area (Å²) in [4.78, 5) is 0. The summed E-state index contributed by atoms with van der Waals surface area (Å²) in [5, 5.41) is 3.72. The van der Waals surface area contributed by atoms with Crippen LogP contribution in [0.5, 0.6) is 0 Å². The molecule has 0 aromatic rings. The molecule has 0 bridgehead atoms. The lowest BCUT2D eigenvalue weighted by molar-refractivity contribution is 0.389. The van der Waals surface area contributed by atoms with Crippen LogP contribution in [0.2, 0.25) is 0 Å². The van der Waals surface area contributed by atoms with Gasteiger partial charge in [0, 0.05) is 11.8 Å². The zero-order valence-corrected chi connectivity index (χ0v) is 12.7. The molecule has 0 aliphatic carbocycles. The topological polar surface area (TPSA) is 12.0 Å². The second kappa shape index (κ2) is 10.3. The highest BCUT2D eigenvalue weighted by Crippen LogP contribution is 2.28. The third-order valence-corrected chi connectivity index (χ3v) is 5.04. The molecule has 1 fully saturated rings. The van der Waals surface area contributed by atoms with Crippen LogP contribution in [0.1, 0.15) is 65.2 Å². The predicted molar refractivity (Wildman–Crippen MR) is 80.9 cm³/mol. The lowest BCUT2D eigenvalue weighted by atomic mass is 9.96. The summed E-state index contributed by atoms with van der Waals surface area (Å²) >= 11 is 2.15. The van der Waals surface area contributed by atoms with Crippen LogP contribution in [0.3, 0.4) is 0 Å². The first-order chi connectivity index (χ1) is 8.38. The number of rotatable bonds is 10. The van der Waals surface area contributed by atoms with Crippen molar-refractivity contribution in [1.82, 2.24) is 5.32 Å². The summed E-state index contributed by atoms with van der Waals surface area (Å²) in [6, 6.07) is 0.815. The van der Waals surface area contributed by atoms with Crippen molar-refractivity contribution in [2.45, 2.75) is 71.3 Å². The fraction of sp³-hybridized carbons (Fsp3) is 1.00. The molecule has 1 heterocycles. The van der Waals surface area contributed by atoms with E-state index < -0.39 is 0 Å². The number of hydrogen-bond acceptors (Lipinski definition) is 2. The maximum absolute atomic E-state index is 3.72. The summed E-state index contributed by atoms with van der Waals surface area (Å²) in [7, 11) is 0. The highest BCUT2D eigenvalue weighted by Gasteiger charge is 2.26. The Morgan fingerprint density at radius 1 is 0.941 bits per heavy atom. The van der Waals surface area contributed by atoms with Gasteiger partial charge in [0.1, 0.15) is 0 Å².